The Hall–Kier alpha value is -2.36. The Bertz CT molecular complexity index is 1120. The number of hydrogen-bond acceptors (Lipinski definition) is 4. The predicted octanol–water partition coefficient (Wildman–Crippen LogP) is 8.73. The van der Waals surface area contributed by atoms with Crippen LogP contribution >= 0.6 is 0 Å². The maximum absolute atomic E-state index is 14.0. The van der Waals surface area contributed by atoms with E-state index in [1.165, 1.54) is 11.1 Å². The summed E-state index contributed by atoms with van der Waals surface area (Å²) in [7, 11) is 0. The predicted molar refractivity (Wildman–Crippen MR) is 171 cm³/mol. The lowest BCUT2D eigenvalue weighted by molar-refractivity contribution is -0.130. The van der Waals surface area contributed by atoms with Crippen molar-refractivity contribution >= 4 is 23.1 Å². The van der Waals surface area contributed by atoms with Gasteiger partial charge in [0.25, 0.3) is 0 Å². The summed E-state index contributed by atoms with van der Waals surface area (Å²) in [6.45, 7) is 19.0. The summed E-state index contributed by atoms with van der Waals surface area (Å²) in [5.74, 6) is 0.951. The Morgan fingerprint density at radius 3 is 2.10 bits per heavy atom. The summed E-state index contributed by atoms with van der Waals surface area (Å²) in [6, 6.07) is 8.46. The number of rotatable bonds is 18. The van der Waals surface area contributed by atoms with Gasteiger partial charge in [0.05, 0.1) is 0 Å². The molecule has 3 rings (SSSR count). The fraction of sp³-hybridized carbons (Fsp3) is 0.684. The third kappa shape index (κ3) is 9.07. The molecule has 232 valence electrons. The average molecular weight is 577 g/mol. The van der Waals surface area contributed by atoms with Crippen molar-refractivity contribution in [1.82, 2.24) is 0 Å². The van der Waals surface area contributed by atoms with Crippen molar-refractivity contribution in [2.75, 3.05) is 0 Å². The summed E-state index contributed by atoms with van der Waals surface area (Å²) in [5.41, 5.74) is 3.21. The second kappa shape index (κ2) is 14.4. The van der Waals surface area contributed by atoms with Crippen molar-refractivity contribution in [3.63, 3.8) is 0 Å². The standard InChI is InChI=1S/C38H56O4/c1-9-14-27(25(3)34(41)18-13-17-30(39)24-37(4,5)6)22-35(42)32(36-33(10-2)38(36,7)8)23-31(40)21-26-19-28-15-11-12-16-29(28)20-26/h11-12,15-16,26-27,32-33,36H,3,9-10,13-14,17-24H2,1-2,4-8H3. The van der Waals surface area contributed by atoms with Gasteiger partial charge in [-0.05, 0) is 76.9 Å². The quantitative estimate of drug-likeness (QED) is 0.164. The maximum atomic E-state index is 14.0. The highest BCUT2D eigenvalue weighted by atomic mass is 16.1. The number of carbonyl (C=O) groups excluding carboxylic acids is 4. The normalized spacial score (nSPS) is 20.9. The third-order valence-corrected chi connectivity index (χ3v) is 10.0. The van der Waals surface area contributed by atoms with Gasteiger partial charge in [0.15, 0.2) is 5.78 Å². The van der Waals surface area contributed by atoms with Gasteiger partial charge in [0.1, 0.15) is 17.3 Å². The van der Waals surface area contributed by atoms with Gasteiger partial charge < -0.3 is 0 Å². The smallest absolute Gasteiger partial charge is 0.158 e. The molecule has 2 aliphatic carbocycles. The van der Waals surface area contributed by atoms with Crippen LogP contribution in [0.1, 0.15) is 124 Å². The van der Waals surface area contributed by atoms with Crippen molar-refractivity contribution in [2.24, 2.45) is 40.4 Å². The molecule has 0 N–H and O–H groups in total. The van der Waals surface area contributed by atoms with E-state index in [9.17, 15) is 19.2 Å². The Balaban J connectivity index is 1.63. The molecule has 0 aromatic heterocycles. The van der Waals surface area contributed by atoms with Gasteiger partial charge in [0, 0.05) is 44.4 Å². The molecule has 4 heteroatoms. The molecular weight excluding hydrogens is 520 g/mol. The number of hydrogen-bond donors (Lipinski definition) is 0. The first-order chi connectivity index (χ1) is 19.7. The van der Waals surface area contributed by atoms with Crippen LogP contribution in [0.5, 0.6) is 0 Å². The molecule has 1 aromatic carbocycles. The molecule has 0 spiro atoms. The number of fused-ring (bicyclic) bond motifs is 1. The van der Waals surface area contributed by atoms with E-state index in [2.05, 4.69) is 58.5 Å². The Kier molecular flexibility index (Phi) is 11.7. The van der Waals surface area contributed by atoms with Crippen molar-refractivity contribution in [2.45, 2.75) is 126 Å². The first-order valence-electron chi connectivity index (χ1n) is 16.5. The summed E-state index contributed by atoms with van der Waals surface area (Å²) in [5, 5.41) is 0. The molecule has 1 fully saturated rings. The van der Waals surface area contributed by atoms with E-state index in [-0.39, 0.29) is 58.1 Å². The molecule has 4 unspecified atom stereocenters. The number of Topliss-reactive ketones (excluding diaryl/α,β-unsaturated/α-hetero) is 4. The Morgan fingerprint density at radius 2 is 1.57 bits per heavy atom. The van der Waals surface area contributed by atoms with Gasteiger partial charge in [-0.2, -0.15) is 0 Å². The van der Waals surface area contributed by atoms with E-state index >= 15 is 0 Å². The maximum Gasteiger partial charge on any atom is 0.158 e. The lowest BCUT2D eigenvalue weighted by atomic mass is 9.79. The van der Waals surface area contributed by atoms with E-state index < -0.39 is 0 Å². The first-order valence-corrected chi connectivity index (χ1v) is 16.5. The van der Waals surface area contributed by atoms with Gasteiger partial charge >= 0.3 is 0 Å². The summed E-state index contributed by atoms with van der Waals surface area (Å²) in [6.07, 6.45) is 7.31. The topological polar surface area (TPSA) is 68.3 Å². The van der Waals surface area contributed by atoms with Crippen LogP contribution in [0.2, 0.25) is 0 Å². The summed E-state index contributed by atoms with van der Waals surface area (Å²) >= 11 is 0. The molecule has 0 amide bonds. The molecule has 0 saturated heterocycles. The molecule has 0 bridgehead atoms. The number of allylic oxidation sites excluding steroid dienone is 1. The minimum atomic E-state index is -0.293. The molecule has 2 aliphatic rings. The SMILES string of the molecule is C=C(C(=O)CCCC(=O)CC(C)(C)C)C(CCC)CC(=O)C(CC(=O)CC1Cc2ccccc2C1)C1C(CC)C1(C)C. The highest BCUT2D eigenvalue weighted by molar-refractivity contribution is 5.97. The zero-order valence-corrected chi connectivity index (χ0v) is 27.5. The monoisotopic (exact) mass is 576 g/mol. The minimum Gasteiger partial charge on any atom is -0.300 e. The molecular formula is C38H56O4. The molecule has 1 saturated carbocycles. The lowest BCUT2D eigenvalue weighted by Gasteiger charge is -2.23. The van der Waals surface area contributed by atoms with Crippen LogP contribution < -0.4 is 0 Å². The van der Waals surface area contributed by atoms with Crippen LogP contribution in [0.4, 0.5) is 0 Å². The third-order valence-electron chi connectivity index (χ3n) is 10.0. The number of benzene rings is 1. The summed E-state index contributed by atoms with van der Waals surface area (Å²) < 4.78 is 0. The molecule has 4 nitrogen and oxygen atoms in total. The Labute approximate surface area is 255 Å². The van der Waals surface area contributed by atoms with Gasteiger partial charge in [-0.3, -0.25) is 19.2 Å². The molecule has 0 aliphatic heterocycles. The van der Waals surface area contributed by atoms with E-state index in [1.54, 1.807) is 0 Å². The second-order valence-electron chi connectivity index (χ2n) is 15.2. The van der Waals surface area contributed by atoms with E-state index in [1.807, 2.05) is 20.8 Å². The fourth-order valence-electron chi connectivity index (χ4n) is 7.91. The Morgan fingerprint density at radius 1 is 0.952 bits per heavy atom. The van der Waals surface area contributed by atoms with Crippen molar-refractivity contribution in [3.8, 4) is 0 Å². The molecule has 0 radical (unpaired) electrons. The van der Waals surface area contributed by atoms with Crippen LogP contribution in [0.15, 0.2) is 36.4 Å². The lowest BCUT2D eigenvalue weighted by Crippen LogP contribution is -2.27. The highest BCUT2D eigenvalue weighted by Crippen LogP contribution is 2.64. The zero-order chi connectivity index (χ0) is 31.2. The van der Waals surface area contributed by atoms with Crippen molar-refractivity contribution in [1.29, 1.82) is 0 Å². The largest absolute Gasteiger partial charge is 0.300 e. The molecule has 42 heavy (non-hydrogen) atoms. The number of carbonyl (C=O) groups is 4. The molecule has 4 atom stereocenters. The van der Waals surface area contributed by atoms with Gasteiger partial charge in [0.2, 0.25) is 0 Å². The zero-order valence-electron chi connectivity index (χ0n) is 27.5. The van der Waals surface area contributed by atoms with Crippen LogP contribution in [-0.2, 0) is 32.0 Å². The van der Waals surface area contributed by atoms with Crippen LogP contribution in [0.3, 0.4) is 0 Å². The molecule has 0 heterocycles. The van der Waals surface area contributed by atoms with Crippen molar-refractivity contribution in [3.05, 3.63) is 47.5 Å². The minimum absolute atomic E-state index is 0.0311. The average Bonchev–Trinajstić information content (AvgIpc) is 3.22. The second-order valence-corrected chi connectivity index (χ2v) is 15.2. The van der Waals surface area contributed by atoms with Crippen LogP contribution in [0.25, 0.3) is 0 Å². The highest BCUT2D eigenvalue weighted by Gasteiger charge is 2.60. The first kappa shape index (κ1) is 34.1. The van der Waals surface area contributed by atoms with Gasteiger partial charge in [-0.15, -0.1) is 0 Å². The van der Waals surface area contributed by atoms with E-state index in [0.29, 0.717) is 55.9 Å². The molecule has 1 aromatic rings. The summed E-state index contributed by atoms with van der Waals surface area (Å²) in [4.78, 5) is 52.9. The van der Waals surface area contributed by atoms with E-state index in [0.717, 1.165) is 32.1 Å². The fourth-order valence-corrected chi connectivity index (χ4v) is 7.91. The van der Waals surface area contributed by atoms with Gasteiger partial charge in [-0.25, -0.2) is 0 Å². The van der Waals surface area contributed by atoms with Crippen LogP contribution in [-0.4, -0.2) is 23.1 Å². The number of ketones is 4. The van der Waals surface area contributed by atoms with Crippen LogP contribution in [0, 0.1) is 40.4 Å². The van der Waals surface area contributed by atoms with Gasteiger partial charge in [-0.1, -0.05) is 92.2 Å². The van der Waals surface area contributed by atoms with E-state index in [4.69, 9.17) is 0 Å². The van der Waals surface area contributed by atoms with Crippen molar-refractivity contribution < 1.29 is 19.2 Å².